The van der Waals surface area contributed by atoms with E-state index in [1.807, 2.05) is 39.1 Å². The Hall–Kier alpha value is -2.30. The standard InChI is InChI=1S/C14H18N4O/c1-4-12-10(8-18(3)17-12)14(19)16-13-7-5-6-11(15)9(13)2/h5-8H,4,15H2,1-3H3,(H,16,19). The van der Waals surface area contributed by atoms with E-state index in [-0.39, 0.29) is 5.91 Å². The van der Waals surface area contributed by atoms with Gasteiger partial charge in [-0.3, -0.25) is 9.48 Å². The molecule has 1 amide bonds. The second-order valence-electron chi connectivity index (χ2n) is 4.49. The minimum atomic E-state index is -0.154. The van der Waals surface area contributed by atoms with Crippen molar-refractivity contribution in [3.8, 4) is 0 Å². The second kappa shape index (κ2) is 5.14. The van der Waals surface area contributed by atoms with Gasteiger partial charge in [0.05, 0.1) is 11.3 Å². The molecule has 0 fully saturated rings. The molecule has 5 nitrogen and oxygen atoms in total. The maximum absolute atomic E-state index is 12.3. The number of carbonyl (C=O) groups excluding carboxylic acids is 1. The summed E-state index contributed by atoms with van der Waals surface area (Å²) >= 11 is 0. The fourth-order valence-electron chi connectivity index (χ4n) is 1.96. The molecule has 0 atom stereocenters. The predicted molar refractivity (Wildman–Crippen MR) is 76.1 cm³/mol. The summed E-state index contributed by atoms with van der Waals surface area (Å²) in [6.07, 6.45) is 2.45. The molecule has 0 radical (unpaired) electrons. The van der Waals surface area contributed by atoms with Crippen LogP contribution in [-0.2, 0) is 13.5 Å². The molecule has 0 aliphatic heterocycles. The topological polar surface area (TPSA) is 72.9 Å². The van der Waals surface area contributed by atoms with E-state index in [9.17, 15) is 4.79 Å². The Morgan fingerprint density at radius 1 is 1.47 bits per heavy atom. The van der Waals surface area contributed by atoms with Crippen molar-refractivity contribution in [3.05, 3.63) is 41.2 Å². The molecule has 19 heavy (non-hydrogen) atoms. The Morgan fingerprint density at radius 3 is 2.89 bits per heavy atom. The number of anilines is 2. The molecule has 0 aliphatic carbocycles. The van der Waals surface area contributed by atoms with Crippen LogP contribution in [0.15, 0.2) is 24.4 Å². The van der Waals surface area contributed by atoms with Crippen molar-refractivity contribution in [2.24, 2.45) is 7.05 Å². The lowest BCUT2D eigenvalue weighted by Gasteiger charge is -2.09. The van der Waals surface area contributed by atoms with E-state index >= 15 is 0 Å². The second-order valence-corrected chi connectivity index (χ2v) is 4.49. The average molecular weight is 258 g/mol. The van der Waals surface area contributed by atoms with Gasteiger partial charge < -0.3 is 11.1 Å². The van der Waals surface area contributed by atoms with Gasteiger partial charge in [0.1, 0.15) is 0 Å². The van der Waals surface area contributed by atoms with Crippen LogP contribution in [0.5, 0.6) is 0 Å². The first-order chi connectivity index (χ1) is 9.02. The number of hydrogen-bond donors (Lipinski definition) is 2. The Balaban J connectivity index is 2.28. The number of nitrogens with two attached hydrogens (primary N) is 1. The molecule has 0 unspecified atom stereocenters. The number of aromatic nitrogens is 2. The van der Waals surface area contributed by atoms with Gasteiger partial charge in [0.2, 0.25) is 0 Å². The quantitative estimate of drug-likeness (QED) is 0.828. The van der Waals surface area contributed by atoms with E-state index in [0.717, 1.165) is 23.4 Å². The Bertz CT molecular complexity index is 616. The lowest BCUT2D eigenvalue weighted by atomic mass is 10.1. The third kappa shape index (κ3) is 2.59. The highest BCUT2D eigenvalue weighted by molar-refractivity contribution is 6.05. The number of hydrogen-bond acceptors (Lipinski definition) is 3. The normalized spacial score (nSPS) is 10.5. The first-order valence-corrected chi connectivity index (χ1v) is 6.22. The van der Waals surface area contributed by atoms with E-state index in [1.54, 1.807) is 10.9 Å². The zero-order chi connectivity index (χ0) is 14.0. The number of amides is 1. The molecule has 100 valence electrons. The lowest BCUT2D eigenvalue weighted by Crippen LogP contribution is -2.14. The van der Waals surface area contributed by atoms with Crippen LogP contribution >= 0.6 is 0 Å². The number of carbonyl (C=O) groups is 1. The van der Waals surface area contributed by atoms with Crippen LogP contribution in [-0.4, -0.2) is 15.7 Å². The predicted octanol–water partition coefficient (Wildman–Crippen LogP) is 2.13. The molecule has 1 aromatic heterocycles. The van der Waals surface area contributed by atoms with Crippen LogP contribution < -0.4 is 11.1 Å². The van der Waals surface area contributed by atoms with Crippen LogP contribution in [0.2, 0.25) is 0 Å². The first kappa shape index (κ1) is 13.1. The van der Waals surface area contributed by atoms with Gasteiger partial charge >= 0.3 is 0 Å². The molecule has 2 rings (SSSR count). The Morgan fingerprint density at radius 2 is 2.21 bits per heavy atom. The molecule has 0 spiro atoms. The number of benzene rings is 1. The van der Waals surface area contributed by atoms with Crippen molar-refractivity contribution in [2.45, 2.75) is 20.3 Å². The van der Waals surface area contributed by atoms with Gasteiger partial charge in [-0.25, -0.2) is 0 Å². The van der Waals surface area contributed by atoms with E-state index in [2.05, 4.69) is 10.4 Å². The Kier molecular flexibility index (Phi) is 3.55. The maximum Gasteiger partial charge on any atom is 0.259 e. The van der Waals surface area contributed by atoms with Gasteiger partial charge in [0, 0.05) is 24.6 Å². The molecule has 1 aromatic carbocycles. The minimum absolute atomic E-state index is 0.154. The van der Waals surface area contributed by atoms with Crippen molar-refractivity contribution in [3.63, 3.8) is 0 Å². The lowest BCUT2D eigenvalue weighted by molar-refractivity contribution is 0.102. The van der Waals surface area contributed by atoms with Crippen LogP contribution in [0.1, 0.15) is 28.5 Å². The summed E-state index contributed by atoms with van der Waals surface area (Å²) in [5.74, 6) is -0.154. The van der Waals surface area contributed by atoms with E-state index in [1.165, 1.54) is 0 Å². The zero-order valence-electron chi connectivity index (χ0n) is 11.4. The number of nitrogens with zero attached hydrogens (tertiary/aromatic N) is 2. The molecular formula is C14H18N4O. The fraction of sp³-hybridized carbons (Fsp3) is 0.286. The van der Waals surface area contributed by atoms with Gasteiger partial charge in [-0.2, -0.15) is 5.10 Å². The monoisotopic (exact) mass is 258 g/mol. The summed E-state index contributed by atoms with van der Waals surface area (Å²) in [5, 5.41) is 7.15. The Labute approximate surface area is 112 Å². The molecule has 3 N–H and O–H groups in total. The first-order valence-electron chi connectivity index (χ1n) is 6.22. The summed E-state index contributed by atoms with van der Waals surface area (Å²) in [7, 11) is 1.81. The van der Waals surface area contributed by atoms with Gasteiger partial charge in [0.15, 0.2) is 0 Å². The van der Waals surface area contributed by atoms with E-state index in [4.69, 9.17) is 5.73 Å². The number of rotatable bonds is 3. The summed E-state index contributed by atoms with van der Waals surface area (Å²) < 4.78 is 1.65. The fourth-order valence-corrected chi connectivity index (χ4v) is 1.96. The molecule has 2 aromatic rings. The highest BCUT2D eigenvalue weighted by Gasteiger charge is 2.15. The molecule has 0 bridgehead atoms. The van der Waals surface area contributed by atoms with Crippen molar-refractivity contribution in [2.75, 3.05) is 11.1 Å². The molecule has 0 saturated heterocycles. The summed E-state index contributed by atoms with van der Waals surface area (Å²) in [4.78, 5) is 12.3. The van der Waals surface area contributed by atoms with Crippen molar-refractivity contribution < 1.29 is 4.79 Å². The molecular weight excluding hydrogens is 240 g/mol. The molecule has 0 saturated carbocycles. The van der Waals surface area contributed by atoms with Gasteiger partial charge in [-0.1, -0.05) is 13.0 Å². The molecule has 0 aliphatic rings. The minimum Gasteiger partial charge on any atom is -0.398 e. The largest absolute Gasteiger partial charge is 0.398 e. The smallest absolute Gasteiger partial charge is 0.259 e. The van der Waals surface area contributed by atoms with Crippen molar-refractivity contribution >= 4 is 17.3 Å². The summed E-state index contributed by atoms with van der Waals surface area (Å²) in [5.41, 5.74) is 9.50. The van der Waals surface area contributed by atoms with Gasteiger partial charge in [-0.05, 0) is 31.0 Å². The third-order valence-electron chi connectivity index (χ3n) is 3.11. The molecule has 1 heterocycles. The number of nitrogen functional groups attached to an aromatic ring is 1. The van der Waals surface area contributed by atoms with E-state index < -0.39 is 0 Å². The van der Waals surface area contributed by atoms with Crippen LogP contribution in [0.4, 0.5) is 11.4 Å². The molecule has 5 heteroatoms. The maximum atomic E-state index is 12.3. The zero-order valence-corrected chi connectivity index (χ0v) is 11.4. The van der Waals surface area contributed by atoms with E-state index in [0.29, 0.717) is 11.3 Å². The number of aryl methyl sites for hydroxylation is 2. The summed E-state index contributed by atoms with van der Waals surface area (Å²) in [6, 6.07) is 5.47. The highest BCUT2D eigenvalue weighted by atomic mass is 16.1. The van der Waals surface area contributed by atoms with Crippen LogP contribution in [0.25, 0.3) is 0 Å². The average Bonchev–Trinajstić information content (AvgIpc) is 2.76. The van der Waals surface area contributed by atoms with Crippen molar-refractivity contribution in [1.29, 1.82) is 0 Å². The third-order valence-corrected chi connectivity index (χ3v) is 3.11. The van der Waals surface area contributed by atoms with Gasteiger partial charge in [0.25, 0.3) is 5.91 Å². The van der Waals surface area contributed by atoms with Gasteiger partial charge in [-0.15, -0.1) is 0 Å². The number of nitrogens with one attached hydrogen (secondary N) is 1. The van der Waals surface area contributed by atoms with Crippen LogP contribution in [0, 0.1) is 6.92 Å². The summed E-state index contributed by atoms with van der Waals surface area (Å²) in [6.45, 7) is 3.86. The van der Waals surface area contributed by atoms with Crippen LogP contribution in [0.3, 0.4) is 0 Å². The SMILES string of the molecule is CCc1nn(C)cc1C(=O)Nc1cccc(N)c1C. The van der Waals surface area contributed by atoms with Crippen molar-refractivity contribution in [1.82, 2.24) is 9.78 Å². The highest BCUT2D eigenvalue weighted by Crippen LogP contribution is 2.21.